The van der Waals surface area contributed by atoms with Gasteiger partial charge in [0.25, 0.3) is 5.91 Å². The maximum absolute atomic E-state index is 12.9. The van der Waals surface area contributed by atoms with Gasteiger partial charge in [0.1, 0.15) is 0 Å². The van der Waals surface area contributed by atoms with Crippen molar-refractivity contribution in [3.8, 4) is 5.69 Å². The molecule has 2 heterocycles. The zero-order valence-electron chi connectivity index (χ0n) is 17.5. The van der Waals surface area contributed by atoms with Crippen molar-refractivity contribution >= 4 is 38.3 Å². The van der Waals surface area contributed by atoms with Gasteiger partial charge in [-0.3, -0.25) is 10.1 Å². The SMILES string of the molecule is CCc1ccccc1-n1nnc(C(=O)Nc2nc(C)c(Cc3ccc(Br)cc3)s2)c1C. The van der Waals surface area contributed by atoms with E-state index in [1.54, 1.807) is 4.68 Å². The molecular weight excluding hydrogens is 474 g/mol. The average molecular weight is 496 g/mol. The first-order chi connectivity index (χ1) is 15.0. The molecule has 0 unspecified atom stereocenters. The van der Waals surface area contributed by atoms with E-state index in [4.69, 9.17) is 0 Å². The van der Waals surface area contributed by atoms with Crippen molar-refractivity contribution in [1.29, 1.82) is 0 Å². The Balaban J connectivity index is 1.53. The molecule has 4 rings (SSSR count). The number of hydrogen-bond donors (Lipinski definition) is 1. The summed E-state index contributed by atoms with van der Waals surface area (Å²) in [5.74, 6) is -0.304. The van der Waals surface area contributed by atoms with E-state index in [0.29, 0.717) is 16.5 Å². The first-order valence-electron chi connectivity index (χ1n) is 9.99. The number of aromatic nitrogens is 4. The molecule has 0 saturated heterocycles. The minimum absolute atomic E-state index is 0.299. The minimum Gasteiger partial charge on any atom is -0.296 e. The van der Waals surface area contributed by atoms with Gasteiger partial charge in [-0.05, 0) is 49.6 Å². The standard InChI is InChI=1S/C23H22BrN5OS/c1-4-17-7-5-6-8-19(17)29-15(3)21(27-28-29)22(30)26-23-25-14(2)20(31-23)13-16-9-11-18(24)12-10-16/h5-12H,4,13H2,1-3H3,(H,25,26,30). The third-order valence-electron chi connectivity index (χ3n) is 5.10. The zero-order valence-corrected chi connectivity index (χ0v) is 19.9. The van der Waals surface area contributed by atoms with Crippen molar-refractivity contribution in [3.05, 3.63) is 86.1 Å². The Morgan fingerprint density at radius 1 is 1.13 bits per heavy atom. The smallest absolute Gasteiger partial charge is 0.279 e. The maximum atomic E-state index is 12.9. The van der Waals surface area contributed by atoms with Crippen LogP contribution in [-0.4, -0.2) is 25.9 Å². The molecule has 0 saturated carbocycles. The van der Waals surface area contributed by atoms with Crippen molar-refractivity contribution in [2.24, 2.45) is 0 Å². The van der Waals surface area contributed by atoms with Gasteiger partial charge in [0.2, 0.25) is 0 Å². The van der Waals surface area contributed by atoms with E-state index in [0.717, 1.165) is 39.1 Å². The first-order valence-corrected chi connectivity index (χ1v) is 11.6. The second kappa shape index (κ2) is 9.11. The number of nitrogens with one attached hydrogen (secondary N) is 1. The van der Waals surface area contributed by atoms with E-state index >= 15 is 0 Å². The summed E-state index contributed by atoms with van der Waals surface area (Å²) < 4.78 is 2.77. The van der Waals surface area contributed by atoms with Crippen molar-refractivity contribution < 1.29 is 4.79 Å². The lowest BCUT2D eigenvalue weighted by Crippen LogP contribution is -2.14. The molecule has 2 aromatic heterocycles. The van der Waals surface area contributed by atoms with Gasteiger partial charge in [-0.1, -0.05) is 58.4 Å². The van der Waals surface area contributed by atoms with Gasteiger partial charge in [-0.2, -0.15) is 0 Å². The maximum Gasteiger partial charge on any atom is 0.279 e. The van der Waals surface area contributed by atoms with E-state index in [-0.39, 0.29) is 5.91 Å². The third kappa shape index (κ3) is 4.60. The molecule has 0 aliphatic rings. The summed E-state index contributed by atoms with van der Waals surface area (Å²) in [6.45, 7) is 5.91. The lowest BCUT2D eigenvalue weighted by Gasteiger charge is -2.08. The lowest BCUT2D eigenvalue weighted by molar-refractivity contribution is 0.102. The summed E-state index contributed by atoms with van der Waals surface area (Å²) in [7, 11) is 0. The summed E-state index contributed by atoms with van der Waals surface area (Å²) in [5, 5.41) is 11.8. The fourth-order valence-electron chi connectivity index (χ4n) is 3.37. The highest BCUT2D eigenvalue weighted by molar-refractivity contribution is 9.10. The first kappa shape index (κ1) is 21.4. The third-order valence-corrected chi connectivity index (χ3v) is 6.70. The number of amides is 1. The highest BCUT2D eigenvalue weighted by Crippen LogP contribution is 2.26. The largest absolute Gasteiger partial charge is 0.296 e. The van der Waals surface area contributed by atoms with E-state index in [1.807, 2.05) is 44.2 Å². The molecule has 4 aromatic rings. The topological polar surface area (TPSA) is 72.7 Å². The van der Waals surface area contributed by atoms with Gasteiger partial charge < -0.3 is 0 Å². The molecule has 1 N–H and O–H groups in total. The number of rotatable bonds is 6. The zero-order chi connectivity index (χ0) is 22.0. The van der Waals surface area contributed by atoms with Crippen LogP contribution < -0.4 is 5.32 Å². The molecule has 158 valence electrons. The molecule has 0 bridgehead atoms. The molecule has 6 nitrogen and oxygen atoms in total. The summed E-state index contributed by atoms with van der Waals surface area (Å²) >= 11 is 4.95. The predicted molar refractivity (Wildman–Crippen MR) is 127 cm³/mol. The second-order valence-electron chi connectivity index (χ2n) is 7.20. The molecular formula is C23H22BrN5OS. The normalized spacial score (nSPS) is 11.0. The number of anilines is 1. The van der Waals surface area contributed by atoms with Gasteiger partial charge in [0.05, 0.1) is 17.1 Å². The van der Waals surface area contributed by atoms with Crippen LogP contribution in [0.2, 0.25) is 0 Å². The number of para-hydroxylation sites is 1. The average Bonchev–Trinajstić information content (AvgIpc) is 3.31. The van der Waals surface area contributed by atoms with Gasteiger partial charge in [0, 0.05) is 15.8 Å². The fourth-order valence-corrected chi connectivity index (χ4v) is 4.63. The van der Waals surface area contributed by atoms with Crippen LogP contribution in [0.1, 0.15) is 44.8 Å². The van der Waals surface area contributed by atoms with Crippen LogP contribution >= 0.6 is 27.3 Å². The molecule has 0 fully saturated rings. The number of hydrogen-bond acceptors (Lipinski definition) is 5. The fraction of sp³-hybridized carbons (Fsp3) is 0.217. The van der Waals surface area contributed by atoms with Crippen LogP contribution in [0.15, 0.2) is 53.0 Å². The summed E-state index contributed by atoms with van der Waals surface area (Å²) in [4.78, 5) is 18.5. The van der Waals surface area contributed by atoms with E-state index in [1.165, 1.54) is 16.9 Å². The van der Waals surface area contributed by atoms with E-state index in [2.05, 4.69) is 61.7 Å². The van der Waals surface area contributed by atoms with Crippen LogP contribution in [0.25, 0.3) is 5.69 Å². The number of nitrogens with zero attached hydrogens (tertiary/aromatic N) is 4. The molecule has 2 aromatic carbocycles. The van der Waals surface area contributed by atoms with E-state index < -0.39 is 0 Å². The molecule has 0 atom stereocenters. The van der Waals surface area contributed by atoms with Crippen molar-refractivity contribution in [2.45, 2.75) is 33.6 Å². The van der Waals surface area contributed by atoms with Crippen LogP contribution in [0.4, 0.5) is 5.13 Å². The molecule has 0 radical (unpaired) electrons. The Morgan fingerprint density at radius 3 is 2.61 bits per heavy atom. The Bertz CT molecular complexity index is 1230. The van der Waals surface area contributed by atoms with E-state index in [9.17, 15) is 4.79 Å². The van der Waals surface area contributed by atoms with Gasteiger partial charge in [-0.15, -0.1) is 16.4 Å². The summed E-state index contributed by atoms with van der Waals surface area (Å²) in [5.41, 5.74) is 5.20. The summed E-state index contributed by atoms with van der Waals surface area (Å²) in [6, 6.07) is 16.2. The molecule has 0 spiro atoms. The number of carbonyl (C=O) groups is 1. The Kier molecular flexibility index (Phi) is 6.29. The van der Waals surface area contributed by atoms with Crippen LogP contribution in [-0.2, 0) is 12.8 Å². The van der Waals surface area contributed by atoms with Crippen LogP contribution in [0.5, 0.6) is 0 Å². The Labute approximate surface area is 193 Å². The minimum atomic E-state index is -0.304. The Hall–Kier alpha value is -2.84. The van der Waals surface area contributed by atoms with Crippen molar-refractivity contribution in [1.82, 2.24) is 20.0 Å². The van der Waals surface area contributed by atoms with Crippen LogP contribution in [0, 0.1) is 13.8 Å². The van der Waals surface area contributed by atoms with Crippen molar-refractivity contribution in [3.63, 3.8) is 0 Å². The number of thiazole rings is 1. The summed E-state index contributed by atoms with van der Waals surface area (Å²) in [6.07, 6.45) is 1.65. The highest BCUT2D eigenvalue weighted by atomic mass is 79.9. The highest BCUT2D eigenvalue weighted by Gasteiger charge is 2.20. The predicted octanol–water partition coefficient (Wildman–Crippen LogP) is 5.51. The lowest BCUT2D eigenvalue weighted by atomic mass is 10.1. The molecule has 0 aliphatic carbocycles. The molecule has 31 heavy (non-hydrogen) atoms. The van der Waals surface area contributed by atoms with Gasteiger partial charge in [0.15, 0.2) is 10.8 Å². The number of carbonyl (C=O) groups excluding carboxylic acids is 1. The number of halogens is 1. The second-order valence-corrected chi connectivity index (χ2v) is 9.20. The molecule has 1 amide bonds. The van der Waals surface area contributed by atoms with Gasteiger partial charge in [-0.25, -0.2) is 9.67 Å². The number of aryl methyl sites for hydroxylation is 2. The van der Waals surface area contributed by atoms with Gasteiger partial charge >= 0.3 is 0 Å². The van der Waals surface area contributed by atoms with Crippen molar-refractivity contribution in [2.75, 3.05) is 5.32 Å². The molecule has 0 aliphatic heterocycles. The monoisotopic (exact) mass is 495 g/mol. The molecule has 8 heteroatoms. The quantitative estimate of drug-likeness (QED) is 0.382. The number of benzene rings is 2. The van der Waals surface area contributed by atoms with Crippen LogP contribution in [0.3, 0.4) is 0 Å². The Morgan fingerprint density at radius 2 is 1.87 bits per heavy atom.